The Morgan fingerprint density at radius 2 is 2.05 bits per heavy atom. The van der Waals surface area contributed by atoms with Gasteiger partial charge in [0.2, 0.25) is 5.12 Å². The van der Waals surface area contributed by atoms with Gasteiger partial charge in [-0.3, -0.25) is 4.79 Å². The summed E-state index contributed by atoms with van der Waals surface area (Å²) >= 11 is 1.28. The van der Waals surface area contributed by atoms with Crippen LogP contribution < -0.4 is 0 Å². The second-order valence-electron chi connectivity index (χ2n) is 6.10. The maximum absolute atomic E-state index is 11.6. The van der Waals surface area contributed by atoms with Gasteiger partial charge >= 0.3 is 0 Å². The molecule has 0 amide bonds. The fraction of sp³-hybridized carbons (Fsp3) is 0.688. The van der Waals surface area contributed by atoms with Crippen LogP contribution in [0.15, 0.2) is 23.0 Å². The molecule has 1 heterocycles. The Morgan fingerprint density at radius 3 is 2.53 bits per heavy atom. The lowest BCUT2D eigenvalue weighted by atomic mass is 9.92. The number of aliphatic hydroxyl groups is 1. The number of carbonyl (C=O) groups is 1. The van der Waals surface area contributed by atoms with Crippen LogP contribution in [0.25, 0.3) is 0 Å². The molecule has 108 valence electrons. The third-order valence-electron chi connectivity index (χ3n) is 3.81. The molecule has 0 aromatic heterocycles. The van der Waals surface area contributed by atoms with Gasteiger partial charge in [-0.25, -0.2) is 0 Å². The molecule has 1 N–H and O–H groups in total. The van der Waals surface area contributed by atoms with Crippen LogP contribution in [0.5, 0.6) is 0 Å². The third kappa shape index (κ3) is 4.41. The van der Waals surface area contributed by atoms with E-state index in [1.165, 1.54) is 23.8 Å². The van der Waals surface area contributed by atoms with Gasteiger partial charge in [0.1, 0.15) is 5.76 Å². The van der Waals surface area contributed by atoms with E-state index in [9.17, 15) is 9.90 Å². The van der Waals surface area contributed by atoms with Gasteiger partial charge in [0.05, 0.1) is 4.75 Å². The molecule has 0 aromatic rings. The van der Waals surface area contributed by atoms with E-state index in [1.807, 2.05) is 6.92 Å². The molecule has 0 saturated carbocycles. The Labute approximate surface area is 121 Å². The van der Waals surface area contributed by atoms with Crippen molar-refractivity contribution in [3.05, 3.63) is 23.0 Å². The van der Waals surface area contributed by atoms with E-state index in [2.05, 4.69) is 26.8 Å². The Kier molecular flexibility index (Phi) is 5.72. The highest BCUT2D eigenvalue weighted by molar-refractivity contribution is 8.15. The predicted molar refractivity (Wildman–Crippen MR) is 83.4 cm³/mol. The summed E-state index contributed by atoms with van der Waals surface area (Å²) in [5.74, 6) is 0.913. The van der Waals surface area contributed by atoms with Gasteiger partial charge in [-0.15, -0.1) is 0 Å². The van der Waals surface area contributed by atoms with Crippen molar-refractivity contribution in [1.29, 1.82) is 0 Å². The van der Waals surface area contributed by atoms with Gasteiger partial charge < -0.3 is 5.11 Å². The Balaban J connectivity index is 2.45. The van der Waals surface area contributed by atoms with Crippen molar-refractivity contribution in [2.45, 2.75) is 65.0 Å². The summed E-state index contributed by atoms with van der Waals surface area (Å²) in [5, 5.41) is 10.1. The van der Waals surface area contributed by atoms with Gasteiger partial charge in [-0.2, -0.15) is 0 Å². The molecular formula is C16H26O2S. The van der Waals surface area contributed by atoms with Crippen LogP contribution in [0.4, 0.5) is 0 Å². The van der Waals surface area contributed by atoms with Crippen LogP contribution in [-0.4, -0.2) is 15.0 Å². The monoisotopic (exact) mass is 282 g/mol. The molecular weight excluding hydrogens is 256 g/mol. The molecule has 2 atom stereocenters. The number of hydrogen-bond donors (Lipinski definition) is 1. The smallest absolute Gasteiger partial charge is 0.219 e. The fourth-order valence-electron chi connectivity index (χ4n) is 2.31. The van der Waals surface area contributed by atoms with E-state index in [1.54, 1.807) is 6.92 Å². The zero-order valence-electron chi connectivity index (χ0n) is 12.7. The Morgan fingerprint density at radius 1 is 1.42 bits per heavy atom. The van der Waals surface area contributed by atoms with Crippen molar-refractivity contribution >= 4 is 16.9 Å². The minimum Gasteiger partial charge on any atom is -0.510 e. The first-order valence-corrected chi connectivity index (χ1v) is 7.85. The molecule has 19 heavy (non-hydrogen) atoms. The van der Waals surface area contributed by atoms with Crippen LogP contribution in [0.1, 0.15) is 60.3 Å². The largest absolute Gasteiger partial charge is 0.510 e. The number of rotatable bonds is 6. The minimum atomic E-state index is -0.397. The van der Waals surface area contributed by atoms with E-state index in [-0.39, 0.29) is 5.12 Å². The molecule has 2 unspecified atom stereocenters. The molecule has 1 aliphatic rings. The second-order valence-corrected chi connectivity index (χ2v) is 7.57. The molecule has 0 radical (unpaired) electrons. The lowest BCUT2D eigenvalue weighted by Gasteiger charge is -2.24. The maximum atomic E-state index is 11.6. The number of allylic oxidation sites excluding steroid dienone is 2. The van der Waals surface area contributed by atoms with Crippen LogP contribution in [0, 0.1) is 5.92 Å². The van der Waals surface area contributed by atoms with E-state index < -0.39 is 4.75 Å². The summed E-state index contributed by atoms with van der Waals surface area (Å²) in [4.78, 5) is 11.6. The molecule has 2 nitrogen and oxygen atoms in total. The highest BCUT2D eigenvalue weighted by Gasteiger charge is 2.41. The summed E-state index contributed by atoms with van der Waals surface area (Å²) in [6, 6.07) is 0. The average molecular weight is 282 g/mol. The molecule has 0 saturated heterocycles. The van der Waals surface area contributed by atoms with Crippen LogP contribution in [-0.2, 0) is 4.79 Å². The van der Waals surface area contributed by atoms with Gasteiger partial charge in [0.15, 0.2) is 0 Å². The minimum absolute atomic E-state index is 0.0252. The van der Waals surface area contributed by atoms with Gasteiger partial charge in [-0.1, -0.05) is 30.3 Å². The molecule has 0 bridgehead atoms. The SMILES string of the molecule is CC(C)=CCCC(C)CCC1(C)SC(=O)C(C)=C1O. The lowest BCUT2D eigenvalue weighted by molar-refractivity contribution is -0.107. The van der Waals surface area contributed by atoms with Crippen molar-refractivity contribution in [1.82, 2.24) is 0 Å². The fourth-order valence-corrected chi connectivity index (χ4v) is 3.44. The summed E-state index contributed by atoms with van der Waals surface area (Å²) in [6.07, 6.45) is 6.47. The zero-order valence-corrected chi connectivity index (χ0v) is 13.6. The van der Waals surface area contributed by atoms with Gasteiger partial charge in [-0.05, 0) is 59.3 Å². The maximum Gasteiger partial charge on any atom is 0.219 e. The van der Waals surface area contributed by atoms with Gasteiger partial charge in [0.25, 0.3) is 0 Å². The summed E-state index contributed by atoms with van der Waals surface area (Å²) < 4.78 is -0.397. The molecule has 0 aliphatic carbocycles. The van der Waals surface area contributed by atoms with Crippen LogP contribution in [0.2, 0.25) is 0 Å². The van der Waals surface area contributed by atoms with E-state index in [4.69, 9.17) is 0 Å². The highest BCUT2D eigenvalue weighted by atomic mass is 32.2. The standard InChI is InChI=1S/C16H26O2S/c1-11(2)7-6-8-12(3)9-10-16(5)14(17)13(4)15(18)19-16/h7,12,17H,6,8-10H2,1-5H3. The number of carbonyl (C=O) groups excluding carboxylic acids is 1. The quantitative estimate of drug-likeness (QED) is 0.695. The van der Waals surface area contributed by atoms with Crippen molar-refractivity contribution in [3.8, 4) is 0 Å². The van der Waals surface area contributed by atoms with Crippen LogP contribution in [0.3, 0.4) is 0 Å². The molecule has 0 aromatic carbocycles. The van der Waals surface area contributed by atoms with Crippen molar-refractivity contribution < 1.29 is 9.90 Å². The van der Waals surface area contributed by atoms with E-state index >= 15 is 0 Å². The predicted octanol–water partition coefficient (Wildman–Crippen LogP) is 5.01. The summed E-state index contributed by atoms with van der Waals surface area (Å²) in [6.45, 7) is 10.2. The van der Waals surface area contributed by atoms with Gasteiger partial charge in [0, 0.05) is 5.57 Å². The first-order chi connectivity index (χ1) is 8.76. The second kappa shape index (κ2) is 6.65. The van der Waals surface area contributed by atoms with Crippen LogP contribution >= 0.6 is 11.8 Å². The van der Waals surface area contributed by atoms with Crippen molar-refractivity contribution in [2.24, 2.45) is 5.92 Å². The molecule has 0 fully saturated rings. The highest BCUT2D eigenvalue weighted by Crippen LogP contribution is 2.45. The summed E-state index contributed by atoms with van der Waals surface area (Å²) in [7, 11) is 0. The Bertz CT molecular complexity index is 405. The first kappa shape index (κ1) is 16.4. The van der Waals surface area contributed by atoms with Crippen molar-refractivity contribution in [2.75, 3.05) is 0 Å². The molecule has 0 spiro atoms. The normalized spacial score (nSPS) is 24.8. The van der Waals surface area contributed by atoms with E-state index in [0.29, 0.717) is 17.3 Å². The lowest BCUT2D eigenvalue weighted by Crippen LogP contribution is -2.21. The topological polar surface area (TPSA) is 37.3 Å². The number of aliphatic hydroxyl groups excluding tert-OH is 1. The number of thioether (sulfide) groups is 1. The third-order valence-corrected chi connectivity index (χ3v) is 5.15. The molecule has 1 aliphatic heterocycles. The van der Waals surface area contributed by atoms with Crippen molar-refractivity contribution in [3.63, 3.8) is 0 Å². The summed E-state index contributed by atoms with van der Waals surface area (Å²) in [5.41, 5.74) is 1.90. The molecule has 3 heteroatoms. The first-order valence-electron chi connectivity index (χ1n) is 7.03. The average Bonchev–Trinajstić information content (AvgIpc) is 2.51. The Hall–Kier alpha value is -0.700. The van der Waals surface area contributed by atoms with E-state index in [0.717, 1.165) is 19.3 Å². The number of hydrogen-bond acceptors (Lipinski definition) is 3. The molecule has 1 rings (SSSR count). The zero-order chi connectivity index (χ0) is 14.6.